The molecule has 1 fully saturated rings. The Morgan fingerprint density at radius 3 is 1.67 bits per heavy atom. The van der Waals surface area contributed by atoms with Gasteiger partial charge in [0.1, 0.15) is 12.3 Å². The summed E-state index contributed by atoms with van der Waals surface area (Å²) in [6.45, 7) is 1.50. The zero-order valence-corrected chi connectivity index (χ0v) is 19.3. The van der Waals surface area contributed by atoms with Crippen molar-refractivity contribution >= 4 is 23.5 Å². The van der Waals surface area contributed by atoms with Crippen LogP contribution in [-0.2, 0) is 24.9 Å². The summed E-state index contributed by atoms with van der Waals surface area (Å²) in [7, 11) is -13.9. The average Bonchev–Trinajstić information content (AvgIpc) is 2.91. The Balaban J connectivity index is 0. The van der Waals surface area contributed by atoms with Crippen LogP contribution in [0.2, 0.25) is 0 Å². The minimum atomic E-state index is -4.64. The van der Waals surface area contributed by atoms with Crippen LogP contribution >= 0.6 is 23.5 Å². The highest BCUT2D eigenvalue weighted by Gasteiger charge is 2.35. The summed E-state index contributed by atoms with van der Waals surface area (Å²) < 4.78 is 33.3. The van der Waals surface area contributed by atoms with Crippen molar-refractivity contribution in [2.75, 3.05) is 6.61 Å². The maximum atomic E-state index is 11.7. The molecule has 0 amide bonds. The van der Waals surface area contributed by atoms with Crippen LogP contribution in [0.3, 0.4) is 0 Å². The smallest absolute Gasteiger partial charge is 0.394 e. The summed E-state index contributed by atoms with van der Waals surface area (Å²) in [6.07, 6.45) is -0.0259. The number of aromatic amines is 1. The van der Waals surface area contributed by atoms with Crippen LogP contribution in [-0.4, -0.2) is 82.6 Å². The molecule has 1 aliphatic rings. The van der Waals surface area contributed by atoms with Gasteiger partial charge in [0.05, 0.1) is 12.7 Å². The van der Waals surface area contributed by atoms with E-state index in [9.17, 15) is 14.7 Å². The first-order chi connectivity index (χ1) is 14.6. The second-order valence-corrected chi connectivity index (χ2v) is 8.91. The largest absolute Gasteiger partial charge is 0.466 e. The van der Waals surface area contributed by atoms with E-state index in [-0.39, 0.29) is 13.0 Å². The number of aliphatic hydroxyl groups is 2. The fraction of sp³-hybridized carbons (Fsp3) is 0.636. The lowest BCUT2D eigenvalue weighted by molar-refractivity contribution is -0.0459. The molecule has 0 spiro atoms. The van der Waals surface area contributed by atoms with Gasteiger partial charge in [-0.15, -0.1) is 0 Å². The number of aliphatic hydroxyl groups excluding tert-OH is 2. The molecule has 1 aromatic rings. The van der Waals surface area contributed by atoms with Gasteiger partial charge in [0.15, 0.2) is 0 Å². The number of nitrogens with one attached hydrogen (secondary N) is 1. The van der Waals surface area contributed by atoms with E-state index < -0.39 is 53.2 Å². The lowest BCUT2D eigenvalue weighted by Gasteiger charge is -2.14. The molecule has 1 aromatic heterocycles. The van der Waals surface area contributed by atoms with Gasteiger partial charge in [-0.1, -0.05) is 6.92 Å². The number of H-pyrrole nitrogens is 1. The van der Waals surface area contributed by atoms with Gasteiger partial charge in [0, 0.05) is 18.2 Å². The van der Waals surface area contributed by atoms with Crippen LogP contribution in [0.25, 0.3) is 0 Å². The number of aryl methyl sites for hydroxylation is 1. The monoisotopic (exact) mass is 550 g/mol. The number of rotatable bonds is 3. The highest BCUT2D eigenvalue weighted by Crippen LogP contribution is 2.28. The third-order valence-corrected chi connectivity index (χ3v) is 3.12. The van der Waals surface area contributed by atoms with Crippen LogP contribution in [0, 0.1) is 0 Å². The number of hydrogen-bond donors (Lipinski definition) is 12. The molecule has 0 saturated carbocycles. The van der Waals surface area contributed by atoms with E-state index in [2.05, 4.69) is 4.98 Å². The van der Waals surface area contributed by atoms with E-state index in [1.54, 1.807) is 6.92 Å². The number of hydrogen-bond acceptors (Lipinski definition) is 8. The number of nitrogens with zero attached hydrogens (tertiary/aromatic N) is 1. The molecule has 2 rings (SSSR count). The summed E-state index contributed by atoms with van der Waals surface area (Å²) in [4.78, 5) is 90.0. The highest BCUT2D eigenvalue weighted by molar-refractivity contribution is 7.45. The Morgan fingerprint density at radius 2 is 1.36 bits per heavy atom. The van der Waals surface area contributed by atoms with Crippen molar-refractivity contribution < 1.29 is 72.7 Å². The second-order valence-electron chi connectivity index (χ2n) is 5.83. The van der Waals surface area contributed by atoms with Gasteiger partial charge < -0.3 is 59.0 Å². The number of ether oxygens (including phenoxy) is 1. The van der Waals surface area contributed by atoms with Gasteiger partial charge >= 0.3 is 29.2 Å². The molecule has 0 aliphatic carbocycles. The quantitative estimate of drug-likeness (QED) is 0.159. The highest BCUT2D eigenvalue weighted by atomic mass is 31.2. The van der Waals surface area contributed by atoms with Crippen molar-refractivity contribution in [1.29, 1.82) is 0 Å². The Labute approximate surface area is 183 Å². The summed E-state index contributed by atoms with van der Waals surface area (Å²) in [5, 5.41) is 18.6. The summed E-state index contributed by atoms with van der Waals surface area (Å²) in [6, 6.07) is 0. The van der Waals surface area contributed by atoms with Crippen LogP contribution in [0.15, 0.2) is 15.8 Å². The molecule has 0 aromatic carbocycles. The van der Waals surface area contributed by atoms with Crippen molar-refractivity contribution in [2.45, 2.75) is 38.2 Å². The van der Waals surface area contributed by atoms with Crippen LogP contribution in [0.4, 0.5) is 0 Å². The normalized spacial score (nSPS) is 20.4. The lowest BCUT2D eigenvalue weighted by Crippen LogP contribution is -2.34. The Morgan fingerprint density at radius 1 is 0.970 bits per heavy atom. The van der Waals surface area contributed by atoms with E-state index in [0.717, 1.165) is 0 Å². The maximum absolute atomic E-state index is 11.7. The molecule has 196 valence electrons. The topological polar surface area (TPSA) is 338 Å². The molecule has 3 atom stereocenters. The minimum Gasteiger partial charge on any atom is -0.394 e. The van der Waals surface area contributed by atoms with Gasteiger partial charge in [-0.05, 0) is 6.42 Å². The molecule has 2 heterocycles. The zero-order chi connectivity index (χ0) is 26.8. The standard InChI is InChI=1S/C11H16N2O5.3H3O4P/c1-2-6-4-13(11(17)12-10(6)16)9-3-7(15)8(5-14)18-9;3*1-5(2,3)4/h4,7-9,14-15H,2-3,5H2,1H3,(H,12,16,17);3*(H3,1,2,3,4)/t7-,8+,9+;;;/m0.../s1. The first-order valence-electron chi connectivity index (χ1n) is 8.20. The third-order valence-electron chi connectivity index (χ3n) is 3.12. The summed E-state index contributed by atoms with van der Waals surface area (Å²) >= 11 is 0. The molecule has 22 heteroatoms. The third kappa shape index (κ3) is 21.2. The number of phosphoric acid groups is 3. The van der Waals surface area contributed by atoms with Gasteiger partial charge in [0.25, 0.3) is 5.56 Å². The second kappa shape index (κ2) is 14.3. The van der Waals surface area contributed by atoms with Crippen molar-refractivity contribution in [3.8, 4) is 0 Å². The van der Waals surface area contributed by atoms with E-state index in [0.29, 0.717) is 12.0 Å². The molecule has 0 bridgehead atoms. The molecule has 1 aliphatic heterocycles. The summed E-state index contributed by atoms with van der Waals surface area (Å²) in [5.41, 5.74) is -0.510. The summed E-state index contributed by atoms with van der Waals surface area (Å²) in [5.74, 6) is 0. The van der Waals surface area contributed by atoms with E-state index in [1.165, 1.54) is 10.8 Å². The van der Waals surface area contributed by atoms with Crippen molar-refractivity contribution in [3.05, 3.63) is 32.6 Å². The predicted octanol–water partition coefficient (Wildman–Crippen LogP) is -4.05. The van der Waals surface area contributed by atoms with Crippen LogP contribution < -0.4 is 11.2 Å². The van der Waals surface area contributed by atoms with E-state index in [1.807, 2.05) is 0 Å². The first-order valence-corrected chi connectivity index (χ1v) is 12.9. The molecular weight excluding hydrogens is 525 g/mol. The van der Waals surface area contributed by atoms with Gasteiger partial charge in [-0.3, -0.25) is 14.3 Å². The molecule has 19 nitrogen and oxygen atoms in total. The molecule has 1 saturated heterocycles. The molecule has 33 heavy (non-hydrogen) atoms. The van der Waals surface area contributed by atoms with Crippen LogP contribution in [0.1, 0.15) is 25.1 Å². The first kappa shape index (κ1) is 34.1. The Bertz CT molecular complexity index is 901. The molecule has 0 radical (unpaired) electrons. The average molecular weight is 550 g/mol. The zero-order valence-electron chi connectivity index (χ0n) is 16.6. The predicted molar refractivity (Wildman–Crippen MR) is 105 cm³/mol. The molecular formula is C11H25N2O17P3. The SMILES string of the molecule is CCc1cn([C@H]2C[C@H](O)[C@@H](CO)O2)c(=O)[nH]c1=O.O=P(O)(O)O.O=P(O)(O)O.O=P(O)(O)O. The van der Waals surface area contributed by atoms with Crippen molar-refractivity contribution in [1.82, 2.24) is 9.55 Å². The lowest BCUT2D eigenvalue weighted by atomic mass is 10.2. The van der Waals surface area contributed by atoms with Crippen molar-refractivity contribution in [3.63, 3.8) is 0 Å². The van der Waals surface area contributed by atoms with Gasteiger partial charge in [0.2, 0.25) is 0 Å². The Kier molecular flexibility index (Phi) is 14.8. The molecule has 12 N–H and O–H groups in total. The molecule has 0 unspecified atom stereocenters. The fourth-order valence-corrected chi connectivity index (χ4v) is 2.04. The Hall–Kier alpha value is -1.11. The minimum absolute atomic E-state index is 0.209. The van der Waals surface area contributed by atoms with Gasteiger partial charge in [-0.2, -0.15) is 0 Å². The van der Waals surface area contributed by atoms with E-state index in [4.69, 9.17) is 67.6 Å². The van der Waals surface area contributed by atoms with Gasteiger partial charge in [-0.25, -0.2) is 18.5 Å². The fourth-order valence-electron chi connectivity index (χ4n) is 2.04. The van der Waals surface area contributed by atoms with Crippen molar-refractivity contribution in [2.24, 2.45) is 0 Å². The number of aromatic nitrogens is 2. The van der Waals surface area contributed by atoms with E-state index >= 15 is 0 Å². The van der Waals surface area contributed by atoms with Crippen LogP contribution in [0.5, 0.6) is 0 Å². The maximum Gasteiger partial charge on any atom is 0.466 e.